The number of carbonyl (C=O) groups excluding carboxylic acids is 1. The summed E-state index contributed by atoms with van der Waals surface area (Å²) < 4.78 is 84.8. The van der Waals surface area contributed by atoms with Crippen LogP contribution in [0.15, 0.2) is 53.6 Å². The fourth-order valence-electron chi connectivity index (χ4n) is 3.65. The summed E-state index contributed by atoms with van der Waals surface area (Å²) in [5, 5.41) is 6.16. The molecule has 0 bridgehead atoms. The van der Waals surface area contributed by atoms with E-state index in [-0.39, 0.29) is 24.7 Å². The lowest BCUT2D eigenvalue weighted by molar-refractivity contribution is -0.143. The summed E-state index contributed by atoms with van der Waals surface area (Å²) >= 11 is 0. The number of rotatable bonds is 6. The van der Waals surface area contributed by atoms with E-state index < -0.39 is 47.1 Å². The van der Waals surface area contributed by atoms with Crippen LogP contribution in [0.25, 0.3) is 10.4 Å². The summed E-state index contributed by atoms with van der Waals surface area (Å²) in [5.41, 5.74) is 4.89. The summed E-state index contributed by atoms with van der Waals surface area (Å²) in [6, 6.07) is 8.67. The van der Waals surface area contributed by atoms with E-state index in [9.17, 15) is 31.1 Å². The van der Waals surface area contributed by atoms with Gasteiger partial charge in [-0.25, -0.2) is 0 Å². The largest absolute Gasteiger partial charge is 0.416 e. The number of ether oxygens (including phenoxy) is 1. The average Bonchev–Trinajstić information content (AvgIpc) is 3.08. The lowest BCUT2D eigenvalue weighted by Crippen LogP contribution is -2.43. The first kappa shape index (κ1) is 24.4. The number of nitrogens with zero attached hydrogens (tertiary/aromatic N) is 3. The van der Waals surface area contributed by atoms with E-state index >= 15 is 0 Å². The minimum absolute atomic E-state index is 0.00299. The Balaban J connectivity index is 1.92. The molecule has 3 atom stereocenters. The molecule has 0 aliphatic carbocycles. The predicted molar refractivity (Wildman–Crippen MR) is 105 cm³/mol. The molecule has 1 aliphatic rings. The van der Waals surface area contributed by atoms with E-state index in [0.717, 1.165) is 0 Å². The van der Waals surface area contributed by atoms with Gasteiger partial charge in [-0.15, -0.1) is 0 Å². The highest BCUT2D eigenvalue weighted by molar-refractivity contribution is 5.85. The molecule has 1 amide bonds. The smallest absolute Gasteiger partial charge is 0.371 e. The molecule has 0 aromatic heterocycles. The number of nitrogens with one attached hydrogen (secondary N) is 1. The lowest BCUT2D eigenvalue weighted by atomic mass is 9.88. The lowest BCUT2D eigenvalue weighted by Gasteiger charge is -2.31. The summed E-state index contributed by atoms with van der Waals surface area (Å²) in [6.45, 7) is 1.04. The van der Waals surface area contributed by atoms with Gasteiger partial charge < -0.3 is 10.1 Å². The van der Waals surface area contributed by atoms with Crippen LogP contribution in [0, 0.1) is 0 Å². The van der Waals surface area contributed by atoms with E-state index in [1.807, 2.05) is 0 Å². The van der Waals surface area contributed by atoms with E-state index in [1.54, 1.807) is 30.3 Å². The van der Waals surface area contributed by atoms with Crippen LogP contribution < -0.4 is 5.32 Å². The Morgan fingerprint density at radius 1 is 1.12 bits per heavy atom. The molecule has 1 fully saturated rings. The van der Waals surface area contributed by atoms with Gasteiger partial charge in [-0.1, -0.05) is 35.4 Å². The zero-order valence-electron chi connectivity index (χ0n) is 17.1. The molecule has 1 saturated heterocycles. The topological polar surface area (TPSA) is 87.1 Å². The first-order chi connectivity index (χ1) is 15.4. The Hall–Kier alpha value is -3.24. The second-order valence-corrected chi connectivity index (χ2v) is 7.65. The Morgan fingerprint density at radius 2 is 1.70 bits per heavy atom. The Kier molecular flexibility index (Phi) is 6.62. The Labute approximate surface area is 184 Å². The number of benzene rings is 2. The van der Waals surface area contributed by atoms with Crippen molar-refractivity contribution in [3.8, 4) is 0 Å². The summed E-state index contributed by atoms with van der Waals surface area (Å²) in [4.78, 5) is 14.9. The van der Waals surface area contributed by atoms with Crippen molar-refractivity contribution in [2.24, 2.45) is 5.11 Å². The SMILES string of the molecule is C[C@@H](OC[C@@]1(c2ccccc2)CC(N=[N+]=[N-])C(=O)N1)c1cc(C(F)(F)F)cc(C(F)(F)F)c1. The van der Waals surface area contributed by atoms with Gasteiger partial charge in [-0.2, -0.15) is 26.3 Å². The van der Waals surface area contributed by atoms with Crippen LogP contribution in [0.5, 0.6) is 0 Å². The van der Waals surface area contributed by atoms with Crippen molar-refractivity contribution in [3.05, 3.63) is 81.2 Å². The van der Waals surface area contributed by atoms with Crippen molar-refractivity contribution in [1.82, 2.24) is 5.32 Å². The fourth-order valence-corrected chi connectivity index (χ4v) is 3.65. The number of amides is 1. The highest BCUT2D eigenvalue weighted by Crippen LogP contribution is 2.39. The molecule has 1 unspecified atom stereocenters. The Bertz CT molecular complexity index is 1030. The molecule has 0 saturated carbocycles. The van der Waals surface area contributed by atoms with Gasteiger partial charge in [0.1, 0.15) is 6.04 Å². The van der Waals surface area contributed by atoms with E-state index in [0.29, 0.717) is 17.7 Å². The van der Waals surface area contributed by atoms with Crippen LogP contribution in [-0.4, -0.2) is 18.6 Å². The zero-order valence-corrected chi connectivity index (χ0v) is 17.1. The number of alkyl halides is 6. The Morgan fingerprint density at radius 3 is 2.21 bits per heavy atom. The maximum Gasteiger partial charge on any atom is 0.416 e. The number of hydrogen-bond acceptors (Lipinski definition) is 3. The highest BCUT2D eigenvalue weighted by atomic mass is 19.4. The second-order valence-electron chi connectivity index (χ2n) is 7.65. The van der Waals surface area contributed by atoms with Crippen LogP contribution >= 0.6 is 0 Å². The summed E-state index contributed by atoms with van der Waals surface area (Å²) in [6.07, 6.45) is -11.1. The molecular formula is C21H18F6N4O2. The third kappa shape index (κ3) is 5.40. The van der Waals surface area contributed by atoms with Crippen molar-refractivity contribution in [3.63, 3.8) is 0 Å². The molecule has 1 N–H and O–H groups in total. The molecule has 1 heterocycles. The van der Waals surface area contributed by atoms with E-state index in [4.69, 9.17) is 10.3 Å². The standard InChI is InChI=1S/C21H18F6N4O2/c1-12(13-7-15(20(22,23)24)9-16(8-13)21(25,26)27)33-11-19(14-5-3-2-4-6-14)10-17(30-31-28)18(32)29-19/h2-9,12,17H,10-11H2,1H3,(H,29,32)/t12-,17?,19-/m1/s1. The van der Waals surface area contributed by atoms with Crippen LogP contribution in [0.3, 0.4) is 0 Å². The highest BCUT2D eigenvalue weighted by Gasteiger charge is 2.46. The van der Waals surface area contributed by atoms with Gasteiger partial charge >= 0.3 is 12.4 Å². The van der Waals surface area contributed by atoms with Gasteiger partial charge in [0.25, 0.3) is 0 Å². The zero-order chi connectivity index (χ0) is 24.4. The van der Waals surface area contributed by atoms with Gasteiger partial charge in [0.05, 0.1) is 29.4 Å². The summed E-state index contributed by atoms with van der Waals surface area (Å²) in [7, 11) is 0. The minimum Gasteiger partial charge on any atom is -0.371 e. The quantitative estimate of drug-likeness (QED) is 0.246. The maximum absolute atomic E-state index is 13.2. The van der Waals surface area contributed by atoms with Crippen molar-refractivity contribution in [2.45, 2.75) is 43.4 Å². The molecule has 0 radical (unpaired) electrons. The number of azide groups is 1. The van der Waals surface area contributed by atoms with Crippen LogP contribution in [0.4, 0.5) is 26.3 Å². The third-order valence-corrected chi connectivity index (χ3v) is 5.38. The van der Waals surface area contributed by atoms with Gasteiger partial charge in [-0.3, -0.25) is 4.79 Å². The third-order valence-electron chi connectivity index (χ3n) is 5.38. The summed E-state index contributed by atoms with van der Waals surface area (Å²) in [5.74, 6) is -0.564. The first-order valence-corrected chi connectivity index (χ1v) is 9.68. The van der Waals surface area contributed by atoms with Crippen molar-refractivity contribution >= 4 is 5.91 Å². The number of carbonyl (C=O) groups is 1. The molecule has 1 aliphatic heterocycles. The molecule has 2 aromatic carbocycles. The van der Waals surface area contributed by atoms with Crippen LogP contribution in [-0.2, 0) is 27.4 Å². The first-order valence-electron chi connectivity index (χ1n) is 9.68. The predicted octanol–water partition coefficient (Wildman–Crippen LogP) is 5.90. The molecule has 0 spiro atoms. The minimum atomic E-state index is -4.98. The fraction of sp³-hybridized carbons (Fsp3) is 0.381. The molecule has 176 valence electrons. The van der Waals surface area contributed by atoms with Crippen molar-refractivity contribution in [1.29, 1.82) is 0 Å². The van der Waals surface area contributed by atoms with Gasteiger partial charge in [-0.05, 0) is 48.2 Å². The molecule has 33 heavy (non-hydrogen) atoms. The molecule has 3 rings (SSSR count). The molecular weight excluding hydrogens is 454 g/mol. The van der Waals surface area contributed by atoms with E-state index in [2.05, 4.69) is 15.3 Å². The molecule has 2 aromatic rings. The maximum atomic E-state index is 13.2. The monoisotopic (exact) mass is 472 g/mol. The van der Waals surface area contributed by atoms with Crippen molar-refractivity contribution in [2.75, 3.05) is 6.61 Å². The van der Waals surface area contributed by atoms with E-state index in [1.165, 1.54) is 6.92 Å². The van der Waals surface area contributed by atoms with Crippen LogP contribution in [0.2, 0.25) is 0 Å². The van der Waals surface area contributed by atoms with Gasteiger partial charge in [0.2, 0.25) is 5.91 Å². The normalized spacial score (nSPS) is 21.9. The van der Waals surface area contributed by atoms with Gasteiger partial charge in [0.15, 0.2) is 0 Å². The molecule has 6 nitrogen and oxygen atoms in total. The van der Waals surface area contributed by atoms with Crippen LogP contribution in [0.1, 0.15) is 41.7 Å². The number of hydrogen-bond donors (Lipinski definition) is 1. The second kappa shape index (κ2) is 8.95. The van der Waals surface area contributed by atoms with Gasteiger partial charge in [0, 0.05) is 4.91 Å². The van der Waals surface area contributed by atoms with Crippen molar-refractivity contribution < 1.29 is 35.9 Å². The molecule has 12 heteroatoms. The number of halogens is 6. The average molecular weight is 472 g/mol.